The summed E-state index contributed by atoms with van der Waals surface area (Å²) < 4.78 is 30.5. The quantitative estimate of drug-likeness (QED) is 0.462. The Morgan fingerprint density at radius 1 is 1.16 bits per heavy atom. The van der Waals surface area contributed by atoms with Crippen molar-refractivity contribution in [2.24, 2.45) is 0 Å². The Labute approximate surface area is 178 Å². The molecular formula is C20H16F2N4O4S. The highest BCUT2D eigenvalue weighted by atomic mass is 32.2. The van der Waals surface area contributed by atoms with Gasteiger partial charge in [-0.15, -0.1) is 0 Å². The predicted octanol–water partition coefficient (Wildman–Crippen LogP) is 2.63. The zero-order valence-corrected chi connectivity index (χ0v) is 16.8. The highest BCUT2D eigenvalue weighted by Gasteiger charge is 2.26. The Bertz CT molecular complexity index is 1200. The van der Waals surface area contributed by atoms with E-state index in [-0.39, 0.29) is 28.8 Å². The number of ether oxygens (including phenoxy) is 1. The number of benzene rings is 2. The number of hydrogen-bond donors (Lipinski definition) is 1. The van der Waals surface area contributed by atoms with Crippen molar-refractivity contribution in [3.63, 3.8) is 0 Å². The maximum absolute atomic E-state index is 13.2. The number of hydrogen-bond acceptors (Lipinski definition) is 6. The summed E-state index contributed by atoms with van der Waals surface area (Å²) in [6, 6.07) is 11.8. The van der Waals surface area contributed by atoms with Crippen LogP contribution in [0.2, 0.25) is 0 Å². The summed E-state index contributed by atoms with van der Waals surface area (Å²) in [5.74, 6) is -0.565. The van der Waals surface area contributed by atoms with E-state index in [4.69, 9.17) is 0 Å². The molecule has 0 aliphatic carbocycles. The van der Waals surface area contributed by atoms with Crippen LogP contribution in [0.15, 0.2) is 58.5 Å². The summed E-state index contributed by atoms with van der Waals surface area (Å²) in [6.07, 6.45) is 0. The Morgan fingerprint density at radius 2 is 1.90 bits per heavy atom. The topological polar surface area (TPSA) is 93.5 Å². The molecule has 0 radical (unpaired) electrons. The molecule has 4 rings (SSSR count). The number of nitrogens with one attached hydrogen (secondary N) is 1. The van der Waals surface area contributed by atoms with Gasteiger partial charge in [-0.1, -0.05) is 23.9 Å². The van der Waals surface area contributed by atoms with Crippen LogP contribution in [0.1, 0.15) is 0 Å². The number of carbonyl (C=O) groups excluding carboxylic acids is 2. The largest absolute Gasteiger partial charge is 0.435 e. The molecule has 1 saturated heterocycles. The number of carbonyl (C=O) groups is 2. The van der Waals surface area contributed by atoms with Crippen molar-refractivity contribution < 1.29 is 23.1 Å². The van der Waals surface area contributed by atoms with Crippen LogP contribution < -0.4 is 15.6 Å². The van der Waals surface area contributed by atoms with E-state index < -0.39 is 18.5 Å². The van der Waals surface area contributed by atoms with E-state index in [1.54, 1.807) is 24.3 Å². The minimum Gasteiger partial charge on any atom is -0.435 e. The Kier molecular flexibility index (Phi) is 5.85. The number of urea groups is 1. The number of aromatic nitrogens is 2. The van der Waals surface area contributed by atoms with Gasteiger partial charge in [-0.25, -0.2) is 9.78 Å². The zero-order chi connectivity index (χ0) is 22.0. The first-order valence-electron chi connectivity index (χ1n) is 9.22. The molecule has 0 atom stereocenters. The summed E-state index contributed by atoms with van der Waals surface area (Å²) in [6.45, 7) is -2.29. The average molecular weight is 446 g/mol. The van der Waals surface area contributed by atoms with Gasteiger partial charge in [0.1, 0.15) is 5.75 Å². The maximum Gasteiger partial charge on any atom is 0.387 e. The van der Waals surface area contributed by atoms with Gasteiger partial charge in [0.25, 0.3) is 5.56 Å². The minimum absolute atomic E-state index is 0.0510. The van der Waals surface area contributed by atoms with E-state index in [0.717, 1.165) is 16.7 Å². The van der Waals surface area contributed by atoms with E-state index in [1.807, 2.05) is 0 Å². The number of thioether (sulfide) groups is 1. The molecule has 1 aliphatic heterocycles. The maximum atomic E-state index is 13.2. The molecule has 3 aromatic rings. The Balaban J connectivity index is 1.70. The lowest BCUT2D eigenvalue weighted by Crippen LogP contribution is -2.35. The monoisotopic (exact) mass is 446 g/mol. The van der Waals surface area contributed by atoms with Gasteiger partial charge in [0, 0.05) is 13.1 Å². The normalized spacial score (nSPS) is 13.6. The number of alkyl halides is 2. The van der Waals surface area contributed by atoms with Crippen LogP contribution >= 0.6 is 11.8 Å². The van der Waals surface area contributed by atoms with Crippen LogP contribution in [-0.2, 0) is 4.79 Å². The second kappa shape index (κ2) is 8.72. The molecule has 3 amide bonds. The van der Waals surface area contributed by atoms with Gasteiger partial charge in [0.2, 0.25) is 5.91 Å². The molecule has 2 heterocycles. The summed E-state index contributed by atoms with van der Waals surface area (Å²) in [5.41, 5.74) is 0.455. The number of rotatable bonds is 6. The number of para-hydroxylation sites is 1. The molecule has 0 bridgehead atoms. The summed E-state index contributed by atoms with van der Waals surface area (Å²) >= 11 is 1.01. The summed E-state index contributed by atoms with van der Waals surface area (Å²) in [5, 5.41) is 3.16. The SMILES string of the molecule is O=C(CSc1nc2ccccc2c(=O)n1-c1ccc(OC(F)F)cc1)N1CCNC1=O. The number of nitrogens with zero attached hydrogens (tertiary/aromatic N) is 3. The summed E-state index contributed by atoms with van der Waals surface area (Å²) in [4.78, 5) is 42.9. The summed E-state index contributed by atoms with van der Waals surface area (Å²) in [7, 11) is 0. The van der Waals surface area contributed by atoms with Crippen LogP contribution in [0.25, 0.3) is 16.6 Å². The van der Waals surface area contributed by atoms with Crippen LogP contribution in [-0.4, -0.2) is 51.8 Å². The molecule has 160 valence electrons. The highest BCUT2D eigenvalue weighted by Crippen LogP contribution is 2.24. The van der Waals surface area contributed by atoms with Crippen LogP contribution in [0.5, 0.6) is 5.75 Å². The van der Waals surface area contributed by atoms with Crippen LogP contribution in [0.4, 0.5) is 13.6 Å². The van der Waals surface area contributed by atoms with Gasteiger partial charge in [-0.05, 0) is 36.4 Å². The van der Waals surface area contributed by atoms with E-state index in [0.29, 0.717) is 23.1 Å². The molecule has 1 aliphatic rings. The molecule has 1 N–H and O–H groups in total. The second-order valence-electron chi connectivity index (χ2n) is 6.49. The fourth-order valence-electron chi connectivity index (χ4n) is 3.13. The van der Waals surface area contributed by atoms with Crippen molar-refractivity contribution >= 4 is 34.6 Å². The van der Waals surface area contributed by atoms with Crippen molar-refractivity contribution in [3.8, 4) is 11.4 Å². The number of imide groups is 1. The number of halogens is 2. The molecule has 31 heavy (non-hydrogen) atoms. The third kappa shape index (κ3) is 4.36. The van der Waals surface area contributed by atoms with Crippen LogP contribution in [0, 0.1) is 0 Å². The van der Waals surface area contributed by atoms with Crippen molar-refractivity contribution in [1.82, 2.24) is 19.8 Å². The lowest BCUT2D eigenvalue weighted by molar-refractivity contribution is -0.124. The van der Waals surface area contributed by atoms with E-state index >= 15 is 0 Å². The van der Waals surface area contributed by atoms with Crippen LogP contribution in [0.3, 0.4) is 0 Å². The van der Waals surface area contributed by atoms with E-state index in [1.165, 1.54) is 28.8 Å². The van der Waals surface area contributed by atoms with Crippen molar-refractivity contribution in [2.45, 2.75) is 11.8 Å². The third-order valence-corrected chi connectivity index (χ3v) is 5.47. The van der Waals surface area contributed by atoms with E-state index in [2.05, 4.69) is 15.0 Å². The van der Waals surface area contributed by atoms with Gasteiger partial charge in [0.05, 0.1) is 22.3 Å². The van der Waals surface area contributed by atoms with Crippen molar-refractivity contribution in [2.75, 3.05) is 18.8 Å². The molecule has 11 heteroatoms. The molecule has 0 saturated carbocycles. The second-order valence-corrected chi connectivity index (χ2v) is 7.43. The first-order chi connectivity index (χ1) is 14.9. The lowest BCUT2D eigenvalue weighted by atomic mass is 10.2. The predicted molar refractivity (Wildman–Crippen MR) is 110 cm³/mol. The Hall–Kier alpha value is -3.47. The fourth-order valence-corrected chi connectivity index (χ4v) is 4.02. The van der Waals surface area contributed by atoms with Gasteiger partial charge < -0.3 is 10.1 Å². The molecule has 2 aromatic carbocycles. The third-order valence-electron chi connectivity index (χ3n) is 4.55. The number of amides is 3. The van der Waals surface area contributed by atoms with Crippen molar-refractivity contribution in [3.05, 3.63) is 58.9 Å². The first-order valence-corrected chi connectivity index (χ1v) is 10.2. The zero-order valence-electron chi connectivity index (χ0n) is 16.0. The van der Waals surface area contributed by atoms with E-state index in [9.17, 15) is 23.2 Å². The van der Waals surface area contributed by atoms with Crippen molar-refractivity contribution in [1.29, 1.82) is 0 Å². The molecule has 1 fully saturated rings. The Morgan fingerprint density at radius 3 is 2.58 bits per heavy atom. The standard InChI is InChI=1S/C20H16F2N4O4S/c21-18(22)30-13-7-5-12(6-8-13)26-17(28)14-3-1-2-4-15(14)24-20(26)31-11-16(27)25-10-9-23-19(25)29/h1-8,18H,9-11H2,(H,23,29). The molecule has 0 spiro atoms. The van der Waals surface area contributed by atoms with Gasteiger partial charge >= 0.3 is 12.6 Å². The van der Waals surface area contributed by atoms with Gasteiger partial charge in [0.15, 0.2) is 5.16 Å². The minimum atomic E-state index is -2.96. The highest BCUT2D eigenvalue weighted by molar-refractivity contribution is 7.99. The number of fused-ring (bicyclic) bond motifs is 1. The average Bonchev–Trinajstić information content (AvgIpc) is 3.18. The molecular weight excluding hydrogens is 430 g/mol. The lowest BCUT2D eigenvalue weighted by Gasteiger charge is -2.15. The molecule has 0 unspecified atom stereocenters. The molecule has 1 aromatic heterocycles. The fraction of sp³-hybridized carbons (Fsp3) is 0.200. The smallest absolute Gasteiger partial charge is 0.387 e. The van der Waals surface area contributed by atoms with Gasteiger partial charge in [-0.2, -0.15) is 8.78 Å². The van der Waals surface area contributed by atoms with Gasteiger partial charge in [-0.3, -0.25) is 19.1 Å². The molecule has 8 nitrogen and oxygen atoms in total. The first kappa shape index (κ1) is 20.8.